The summed E-state index contributed by atoms with van der Waals surface area (Å²) in [6, 6.07) is 44.4. The topological polar surface area (TPSA) is 80.9 Å². The largest absolute Gasteiger partial charge is 0.497 e. The van der Waals surface area contributed by atoms with Crippen molar-refractivity contribution >= 4 is 33.4 Å². The number of aromatic nitrogens is 2. The second kappa shape index (κ2) is 16.8. The predicted octanol–water partition coefficient (Wildman–Crippen LogP) is 11.5. The molecule has 0 saturated carbocycles. The summed E-state index contributed by atoms with van der Waals surface area (Å²) in [6.07, 6.45) is 5.26. The number of unbranched alkanes of at least 4 members (excludes halogenated alkanes) is 3. The van der Waals surface area contributed by atoms with Crippen molar-refractivity contribution in [3.05, 3.63) is 167 Å². The van der Waals surface area contributed by atoms with E-state index in [0.29, 0.717) is 26.3 Å². The lowest BCUT2D eigenvalue weighted by atomic mass is 10.1. The highest BCUT2D eigenvalue weighted by Gasteiger charge is 2.36. The van der Waals surface area contributed by atoms with Crippen molar-refractivity contribution in [2.24, 2.45) is 0 Å². The average molecular weight is 821 g/mol. The Morgan fingerprint density at radius 3 is 1.31 bits per heavy atom. The summed E-state index contributed by atoms with van der Waals surface area (Å²) in [5, 5.41) is 1.78. The van der Waals surface area contributed by atoms with Crippen molar-refractivity contribution < 1.29 is 28.5 Å². The molecular weight excluding hydrogens is 773 g/mol. The van der Waals surface area contributed by atoms with E-state index in [0.717, 1.165) is 128 Å². The highest BCUT2D eigenvalue weighted by atomic mass is 16.5. The van der Waals surface area contributed by atoms with Crippen LogP contribution in [-0.2, 0) is 25.9 Å². The summed E-state index contributed by atoms with van der Waals surface area (Å²) in [6.45, 7) is 2.51. The van der Waals surface area contributed by atoms with Crippen LogP contribution in [0.5, 0.6) is 23.0 Å². The number of methoxy groups -OCH3 is 2. The minimum atomic E-state index is 0.0520. The zero-order valence-electron chi connectivity index (χ0n) is 35.1. The van der Waals surface area contributed by atoms with Crippen LogP contribution < -0.4 is 18.9 Å². The molecule has 2 heterocycles. The maximum Gasteiger partial charge on any atom is 0.196 e. The Kier molecular flexibility index (Phi) is 10.6. The Hall–Kier alpha value is -7.06. The van der Waals surface area contributed by atoms with E-state index in [1.165, 1.54) is 11.1 Å². The molecule has 8 nitrogen and oxygen atoms in total. The molecule has 0 radical (unpaired) electrons. The second-order valence-electron chi connectivity index (χ2n) is 16.1. The predicted molar refractivity (Wildman–Crippen MR) is 244 cm³/mol. The molecule has 2 aliphatic rings. The molecule has 0 saturated heterocycles. The number of carbonyl (C=O) groups excluding carboxylic acids is 2. The van der Waals surface area contributed by atoms with Crippen molar-refractivity contribution in [2.45, 2.75) is 51.6 Å². The van der Waals surface area contributed by atoms with Crippen LogP contribution in [0, 0.1) is 0 Å². The number of hydrogen-bond acceptors (Lipinski definition) is 6. The van der Waals surface area contributed by atoms with E-state index < -0.39 is 0 Å². The number of ketones is 2. The Morgan fingerprint density at radius 1 is 0.452 bits per heavy atom. The van der Waals surface area contributed by atoms with Gasteiger partial charge >= 0.3 is 0 Å². The van der Waals surface area contributed by atoms with E-state index in [2.05, 4.69) is 57.7 Å². The van der Waals surface area contributed by atoms with Gasteiger partial charge in [0.15, 0.2) is 11.6 Å². The first-order valence-corrected chi connectivity index (χ1v) is 21.6. The molecule has 0 fully saturated rings. The fraction of sp³-hybridized carbons (Fsp3) is 0.222. The maximum absolute atomic E-state index is 14.0. The molecule has 0 spiro atoms. The van der Waals surface area contributed by atoms with Crippen LogP contribution in [-0.4, -0.2) is 48.1 Å². The quantitative estimate of drug-likeness (QED) is 0.0851. The molecule has 8 aromatic rings. The monoisotopic (exact) mass is 820 g/mol. The first kappa shape index (κ1) is 39.1. The third-order valence-corrected chi connectivity index (χ3v) is 12.5. The van der Waals surface area contributed by atoms with Gasteiger partial charge in [-0.25, -0.2) is 0 Å². The van der Waals surface area contributed by atoms with Gasteiger partial charge in [-0.3, -0.25) is 9.59 Å². The molecule has 8 heteroatoms. The summed E-state index contributed by atoms with van der Waals surface area (Å²) < 4.78 is 28.6. The molecule has 0 amide bonds. The van der Waals surface area contributed by atoms with Crippen LogP contribution in [0.4, 0.5) is 0 Å². The van der Waals surface area contributed by atoms with Crippen molar-refractivity contribution in [2.75, 3.05) is 27.4 Å². The molecule has 0 unspecified atom stereocenters. The molecule has 0 aliphatic heterocycles. The number of hydrogen-bond donors (Lipinski definition) is 0. The second-order valence-corrected chi connectivity index (χ2v) is 16.1. The van der Waals surface area contributed by atoms with Crippen molar-refractivity contribution in [1.82, 2.24) is 9.13 Å². The van der Waals surface area contributed by atoms with Gasteiger partial charge in [0.05, 0.1) is 71.8 Å². The first-order valence-electron chi connectivity index (χ1n) is 21.6. The Balaban J connectivity index is 0.809. The van der Waals surface area contributed by atoms with Gasteiger partial charge in [-0.15, -0.1) is 0 Å². The third-order valence-electron chi connectivity index (χ3n) is 12.5. The summed E-state index contributed by atoms with van der Waals surface area (Å²) in [5.41, 5.74) is 11.2. The van der Waals surface area contributed by atoms with Crippen LogP contribution in [0.2, 0.25) is 0 Å². The molecule has 10 rings (SSSR count). The molecule has 2 aromatic heterocycles. The minimum Gasteiger partial charge on any atom is -0.497 e. The number of aryl methyl sites for hydroxylation is 4. The van der Waals surface area contributed by atoms with E-state index in [9.17, 15) is 9.59 Å². The van der Waals surface area contributed by atoms with E-state index >= 15 is 0 Å². The van der Waals surface area contributed by atoms with E-state index in [1.807, 2.05) is 84.9 Å². The summed E-state index contributed by atoms with van der Waals surface area (Å²) >= 11 is 0. The third kappa shape index (κ3) is 6.89. The van der Waals surface area contributed by atoms with Gasteiger partial charge in [0, 0.05) is 35.3 Å². The Morgan fingerprint density at radius 2 is 0.871 bits per heavy atom. The minimum absolute atomic E-state index is 0.0520. The lowest BCUT2D eigenvalue weighted by Gasteiger charge is -2.13. The number of rotatable bonds is 17. The van der Waals surface area contributed by atoms with Crippen molar-refractivity contribution in [3.63, 3.8) is 0 Å². The van der Waals surface area contributed by atoms with Gasteiger partial charge < -0.3 is 28.1 Å². The smallest absolute Gasteiger partial charge is 0.196 e. The van der Waals surface area contributed by atoms with Gasteiger partial charge in [0.1, 0.15) is 23.0 Å². The number of benzene rings is 6. The zero-order valence-corrected chi connectivity index (χ0v) is 35.1. The zero-order chi connectivity index (χ0) is 42.2. The van der Waals surface area contributed by atoms with E-state index in [4.69, 9.17) is 18.9 Å². The van der Waals surface area contributed by atoms with Crippen LogP contribution in [0.3, 0.4) is 0 Å². The molecule has 0 N–H and O–H groups in total. The van der Waals surface area contributed by atoms with Crippen LogP contribution in [0.1, 0.15) is 68.7 Å². The molecule has 0 bridgehead atoms. The van der Waals surface area contributed by atoms with E-state index in [1.54, 1.807) is 14.2 Å². The molecule has 2 aliphatic carbocycles. The van der Waals surface area contributed by atoms with Crippen LogP contribution in [0.25, 0.3) is 44.3 Å². The van der Waals surface area contributed by atoms with Crippen molar-refractivity contribution in [3.8, 4) is 45.5 Å². The maximum atomic E-state index is 14.0. The van der Waals surface area contributed by atoms with Gasteiger partial charge in [-0.1, -0.05) is 84.9 Å². The average Bonchev–Trinajstić information content (AvgIpc) is 4.01. The number of nitrogens with zero attached hydrogens (tertiary/aromatic N) is 2. The SMILES string of the molecule is COc1cccc(CCn2c3c(c4c(OCCCCCCOc5cccc6c5c5c(n6CCc6cccc(OC)c6)-c6ccccc6C5=O)cccc42)C(=O)c2ccccc2-3)c1. The molecule has 310 valence electrons. The Labute approximate surface area is 361 Å². The van der Waals surface area contributed by atoms with Crippen LogP contribution in [0.15, 0.2) is 133 Å². The van der Waals surface area contributed by atoms with Gasteiger partial charge in [0.2, 0.25) is 0 Å². The molecule has 6 aromatic carbocycles. The number of carbonyl (C=O) groups is 2. The lowest BCUT2D eigenvalue weighted by Crippen LogP contribution is -2.04. The van der Waals surface area contributed by atoms with Gasteiger partial charge in [-0.2, -0.15) is 0 Å². The van der Waals surface area contributed by atoms with Crippen molar-refractivity contribution in [1.29, 1.82) is 0 Å². The Bertz CT molecular complexity index is 2810. The molecule has 0 atom stereocenters. The fourth-order valence-electron chi connectivity index (χ4n) is 9.55. The van der Waals surface area contributed by atoms with Gasteiger partial charge in [-0.05, 0) is 98.2 Å². The van der Waals surface area contributed by atoms with E-state index in [-0.39, 0.29) is 11.6 Å². The molecule has 62 heavy (non-hydrogen) atoms. The highest BCUT2D eigenvalue weighted by molar-refractivity contribution is 6.29. The summed E-state index contributed by atoms with van der Waals surface area (Å²) in [4.78, 5) is 28.0. The normalized spacial score (nSPS) is 12.4. The standard InChI is InChI=1S/C54H48N2O6/c1-59-37-17-11-15-35(33-37)27-29-55-43-23-13-25-45(47(43)49-51(55)39-19-5-7-21-41(39)53(49)57)61-31-9-3-4-10-32-62-46-26-14-24-44-48(46)50-52(40-20-6-8-22-42(40)54(50)58)56(44)30-28-36-16-12-18-38(34-36)60-2/h5-8,11-26,33-34H,3-4,9-10,27-32H2,1-2H3. The lowest BCUT2D eigenvalue weighted by molar-refractivity contribution is 0.103. The number of fused-ring (bicyclic) bond motifs is 10. The first-order chi connectivity index (χ1) is 30.5. The summed E-state index contributed by atoms with van der Waals surface area (Å²) in [7, 11) is 3.37. The highest BCUT2D eigenvalue weighted by Crippen LogP contribution is 2.47. The van der Waals surface area contributed by atoms with Gasteiger partial charge in [0.25, 0.3) is 0 Å². The summed E-state index contributed by atoms with van der Waals surface area (Å²) in [5.74, 6) is 3.27. The van der Waals surface area contributed by atoms with Crippen LogP contribution >= 0.6 is 0 Å². The number of ether oxygens (including phenoxy) is 4. The molecular formula is C54H48N2O6. The fourth-order valence-corrected chi connectivity index (χ4v) is 9.55.